The molecule has 0 aliphatic carbocycles. The summed E-state index contributed by atoms with van der Waals surface area (Å²) in [6.45, 7) is 2.81. The summed E-state index contributed by atoms with van der Waals surface area (Å²) in [6, 6.07) is 10.6. The van der Waals surface area contributed by atoms with E-state index in [-0.39, 0.29) is 24.1 Å². The van der Waals surface area contributed by atoms with Crippen molar-refractivity contribution in [3.05, 3.63) is 58.8 Å². The van der Waals surface area contributed by atoms with Gasteiger partial charge in [0, 0.05) is 32.7 Å². The van der Waals surface area contributed by atoms with Gasteiger partial charge in [-0.1, -0.05) is 30.3 Å². The zero-order valence-corrected chi connectivity index (χ0v) is 15.9. The first kappa shape index (κ1) is 18.4. The largest absolute Gasteiger partial charge is 0.352 e. The van der Waals surface area contributed by atoms with Crippen molar-refractivity contribution in [3.63, 3.8) is 0 Å². The molecule has 0 unspecified atom stereocenters. The van der Waals surface area contributed by atoms with Gasteiger partial charge in [-0.2, -0.15) is 5.10 Å². The number of rotatable bonds is 5. The second-order valence-corrected chi connectivity index (χ2v) is 7.29. The fraction of sp³-hybridized carbons (Fsp3) is 0.400. The zero-order chi connectivity index (χ0) is 19.5. The molecule has 0 bridgehead atoms. The maximum absolute atomic E-state index is 12.5. The predicted octanol–water partition coefficient (Wildman–Crippen LogP) is 0.911. The molecule has 2 aromatic heterocycles. The summed E-state index contributed by atoms with van der Waals surface area (Å²) >= 11 is 0. The minimum atomic E-state index is -0.245. The molecule has 4 rings (SSSR count). The zero-order valence-electron chi connectivity index (χ0n) is 15.9. The van der Waals surface area contributed by atoms with Crippen molar-refractivity contribution >= 4 is 16.9 Å². The van der Waals surface area contributed by atoms with Crippen LogP contribution in [0.1, 0.15) is 18.4 Å². The number of carbonyl (C=O) groups excluding carboxylic acids is 1. The minimum absolute atomic E-state index is 0.0269. The highest BCUT2D eigenvalue weighted by molar-refractivity contribution is 5.77. The van der Waals surface area contributed by atoms with Gasteiger partial charge in [0.05, 0.1) is 6.20 Å². The summed E-state index contributed by atoms with van der Waals surface area (Å²) < 4.78 is 2.88. The molecule has 1 aliphatic rings. The number of likely N-dealkylation sites (tertiary alicyclic amines) is 1. The molecule has 1 aromatic carbocycles. The second-order valence-electron chi connectivity index (χ2n) is 7.29. The van der Waals surface area contributed by atoms with Gasteiger partial charge in [-0.25, -0.2) is 4.98 Å². The molecular weight excluding hydrogens is 356 g/mol. The number of aromatic nitrogens is 4. The number of nitrogens with zero attached hydrogens (tertiary/aromatic N) is 5. The van der Waals surface area contributed by atoms with E-state index in [1.165, 1.54) is 22.7 Å². The first-order valence-electron chi connectivity index (χ1n) is 9.53. The van der Waals surface area contributed by atoms with E-state index in [0.29, 0.717) is 11.0 Å². The Balaban J connectivity index is 1.30. The van der Waals surface area contributed by atoms with Crippen LogP contribution in [-0.4, -0.2) is 49.3 Å². The lowest BCUT2D eigenvalue weighted by molar-refractivity contribution is -0.122. The van der Waals surface area contributed by atoms with Crippen LogP contribution in [0.2, 0.25) is 0 Å². The SMILES string of the molecule is Cn1ncc2c(=O)n(CC(=O)NC3CCN(Cc4ccccc4)CC3)cnc21. The number of hydrogen-bond donors (Lipinski definition) is 1. The van der Waals surface area contributed by atoms with Gasteiger partial charge in [0.25, 0.3) is 5.56 Å². The van der Waals surface area contributed by atoms with Gasteiger partial charge < -0.3 is 5.32 Å². The summed E-state index contributed by atoms with van der Waals surface area (Å²) in [7, 11) is 1.73. The molecule has 1 saturated heterocycles. The van der Waals surface area contributed by atoms with Gasteiger partial charge in [0.1, 0.15) is 18.3 Å². The second kappa shape index (κ2) is 7.93. The average molecular weight is 380 g/mol. The average Bonchev–Trinajstić information content (AvgIpc) is 3.08. The summed E-state index contributed by atoms with van der Waals surface area (Å²) in [6.07, 6.45) is 4.72. The molecule has 1 amide bonds. The number of carbonyl (C=O) groups is 1. The molecule has 0 atom stereocenters. The Morgan fingerprint density at radius 3 is 2.71 bits per heavy atom. The van der Waals surface area contributed by atoms with E-state index in [9.17, 15) is 9.59 Å². The normalized spacial score (nSPS) is 15.8. The monoisotopic (exact) mass is 380 g/mol. The lowest BCUT2D eigenvalue weighted by atomic mass is 10.0. The Hall–Kier alpha value is -3.00. The molecule has 1 aliphatic heterocycles. The third kappa shape index (κ3) is 3.96. The molecule has 8 heteroatoms. The molecule has 0 spiro atoms. The fourth-order valence-corrected chi connectivity index (χ4v) is 3.68. The van der Waals surface area contributed by atoms with Crippen LogP contribution >= 0.6 is 0 Å². The number of nitrogens with one attached hydrogen (secondary N) is 1. The maximum atomic E-state index is 12.5. The van der Waals surface area contributed by atoms with Crippen molar-refractivity contribution in [1.29, 1.82) is 0 Å². The highest BCUT2D eigenvalue weighted by Gasteiger charge is 2.21. The third-order valence-corrected chi connectivity index (χ3v) is 5.23. The Labute approximate surface area is 162 Å². The molecule has 28 heavy (non-hydrogen) atoms. The number of benzene rings is 1. The van der Waals surface area contributed by atoms with E-state index in [1.807, 2.05) is 6.07 Å². The van der Waals surface area contributed by atoms with Crippen LogP contribution in [0.15, 0.2) is 47.7 Å². The van der Waals surface area contributed by atoms with Crippen molar-refractivity contribution in [3.8, 4) is 0 Å². The molecule has 8 nitrogen and oxygen atoms in total. The first-order chi connectivity index (χ1) is 13.6. The molecule has 0 radical (unpaired) electrons. The van der Waals surface area contributed by atoms with Gasteiger partial charge in [-0.3, -0.25) is 23.7 Å². The van der Waals surface area contributed by atoms with Gasteiger partial charge in [-0.15, -0.1) is 0 Å². The summed E-state index contributed by atoms with van der Waals surface area (Å²) in [5.74, 6) is -0.159. The van der Waals surface area contributed by atoms with Crippen molar-refractivity contribution in [1.82, 2.24) is 29.5 Å². The van der Waals surface area contributed by atoms with Crippen LogP contribution in [0.4, 0.5) is 0 Å². The smallest absolute Gasteiger partial charge is 0.264 e. The van der Waals surface area contributed by atoms with E-state index in [4.69, 9.17) is 0 Å². The molecule has 0 saturated carbocycles. The van der Waals surface area contributed by atoms with E-state index in [1.54, 1.807) is 11.7 Å². The number of piperidine rings is 1. The number of amides is 1. The topological polar surface area (TPSA) is 85.0 Å². The van der Waals surface area contributed by atoms with Gasteiger partial charge in [0.2, 0.25) is 5.91 Å². The highest BCUT2D eigenvalue weighted by Crippen LogP contribution is 2.14. The van der Waals surface area contributed by atoms with Crippen LogP contribution < -0.4 is 10.9 Å². The van der Waals surface area contributed by atoms with E-state index in [0.717, 1.165) is 32.5 Å². The van der Waals surface area contributed by atoms with Crippen molar-refractivity contribution in [2.45, 2.75) is 32.0 Å². The molecule has 1 N–H and O–H groups in total. The standard InChI is InChI=1S/C20H24N6O2/c1-24-19-17(11-22-24)20(28)26(14-21-19)13-18(27)23-16-7-9-25(10-8-16)12-15-5-3-2-4-6-15/h2-6,11,14,16H,7-10,12-13H2,1H3,(H,23,27). The van der Waals surface area contributed by atoms with Crippen molar-refractivity contribution < 1.29 is 4.79 Å². The number of aryl methyl sites for hydroxylation is 1. The Kier molecular flexibility index (Phi) is 5.21. The van der Waals surface area contributed by atoms with Crippen LogP contribution in [0.3, 0.4) is 0 Å². The first-order valence-corrected chi connectivity index (χ1v) is 9.53. The summed E-state index contributed by atoms with van der Waals surface area (Å²) in [5.41, 5.74) is 1.58. The Morgan fingerprint density at radius 1 is 1.21 bits per heavy atom. The van der Waals surface area contributed by atoms with Crippen molar-refractivity contribution in [2.75, 3.05) is 13.1 Å². The lowest BCUT2D eigenvalue weighted by Gasteiger charge is -2.32. The molecule has 3 heterocycles. The van der Waals surface area contributed by atoms with E-state index in [2.05, 4.69) is 44.6 Å². The van der Waals surface area contributed by atoms with Gasteiger partial charge >= 0.3 is 0 Å². The lowest BCUT2D eigenvalue weighted by Crippen LogP contribution is -2.45. The van der Waals surface area contributed by atoms with Crippen molar-refractivity contribution in [2.24, 2.45) is 7.05 Å². The van der Waals surface area contributed by atoms with E-state index >= 15 is 0 Å². The fourth-order valence-electron chi connectivity index (χ4n) is 3.68. The van der Waals surface area contributed by atoms with Crippen LogP contribution in [-0.2, 0) is 24.9 Å². The maximum Gasteiger partial charge on any atom is 0.264 e. The van der Waals surface area contributed by atoms with Crippen LogP contribution in [0.5, 0.6) is 0 Å². The Bertz CT molecular complexity index is 1020. The third-order valence-electron chi connectivity index (χ3n) is 5.23. The molecule has 3 aromatic rings. The Morgan fingerprint density at radius 2 is 1.96 bits per heavy atom. The summed E-state index contributed by atoms with van der Waals surface area (Å²) in [4.78, 5) is 31.5. The predicted molar refractivity (Wildman–Crippen MR) is 106 cm³/mol. The number of hydrogen-bond acceptors (Lipinski definition) is 5. The molecule has 146 valence electrons. The quantitative estimate of drug-likeness (QED) is 0.711. The van der Waals surface area contributed by atoms with Gasteiger partial charge in [0.15, 0.2) is 5.65 Å². The minimum Gasteiger partial charge on any atom is -0.352 e. The van der Waals surface area contributed by atoms with E-state index < -0.39 is 0 Å². The van der Waals surface area contributed by atoms with Gasteiger partial charge in [-0.05, 0) is 18.4 Å². The molecular formula is C20H24N6O2. The summed E-state index contributed by atoms with van der Waals surface area (Å²) in [5, 5.41) is 7.52. The number of fused-ring (bicyclic) bond motifs is 1. The molecule has 1 fully saturated rings. The van der Waals surface area contributed by atoms with Crippen LogP contribution in [0, 0.1) is 0 Å². The highest BCUT2D eigenvalue weighted by atomic mass is 16.2. The van der Waals surface area contributed by atoms with Crippen LogP contribution in [0.25, 0.3) is 11.0 Å².